The Morgan fingerprint density at radius 2 is 0.881 bits per heavy atom. The van der Waals surface area contributed by atoms with Crippen molar-refractivity contribution in [3.8, 4) is 0 Å². The molecule has 0 unspecified atom stereocenters. The van der Waals surface area contributed by atoms with Gasteiger partial charge in [0.15, 0.2) is 0 Å². The maximum atomic E-state index is 15.5. The van der Waals surface area contributed by atoms with Gasteiger partial charge in [0.25, 0.3) is 0 Å². The SMILES string of the molecule is Cc1[nH]c2ccccc2c1[C@@H](c1ccccc1F)N1CCN([C@H](c2ccccc2F)c2c(C)[nH]c3ccccc23)CC1. The van der Waals surface area contributed by atoms with Crippen molar-refractivity contribution < 1.29 is 8.78 Å². The van der Waals surface area contributed by atoms with Crippen LogP contribution in [0.25, 0.3) is 21.8 Å². The zero-order chi connectivity index (χ0) is 28.8. The van der Waals surface area contributed by atoms with Crippen molar-refractivity contribution in [2.45, 2.75) is 25.9 Å². The van der Waals surface area contributed by atoms with Crippen molar-refractivity contribution in [1.82, 2.24) is 19.8 Å². The van der Waals surface area contributed by atoms with Crippen molar-refractivity contribution in [1.29, 1.82) is 0 Å². The molecule has 0 radical (unpaired) electrons. The number of para-hydroxylation sites is 2. The number of benzene rings is 4. The molecule has 0 aliphatic carbocycles. The smallest absolute Gasteiger partial charge is 0.128 e. The van der Waals surface area contributed by atoms with Gasteiger partial charge in [-0.05, 0) is 38.1 Å². The van der Waals surface area contributed by atoms with Gasteiger partial charge in [-0.2, -0.15) is 0 Å². The lowest BCUT2D eigenvalue weighted by Crippen LogP contribution is -2.49. The third-order valence-corrected chi connectivity index (χ3v) is 8.91. The quantitative estimate of drug-likeness (QED) is 0.216. The number of aryl methyl sites for hydroxylation is 2. The van der Waals surface area contributed by atoms with Crippen LogP contribution in [-0.4, -0.2) is 45.9 Å². The number of halogens is 2. The fraction of sp³-hybridized carbons (Fsp3) is 0.222. The van der Waals surface area contributed by atoms with E-state index in [1.54, 1.807) is 24.3 Å². The molecule has 4 aromatic carbocycles. The number of piperazine rings is 1. The molecule has 1 aliphatic rings. The molecule has 1 aliphatic heterocycles. The Morgan fingerprint density at radius 3 is 1.29 bits per heavy atom. The van der Waals surface area contributed by atoms with E-state index >= 15 is 8.78 Å². The van der Waals surface area contributed by atoms with Gasteiger partial charge in [0.05, 0.1) is 12.1 Å². The highest BCUT2D eigenvalue weighted by Gasteiger charge is 2.35. The van der Waals surface area contributed by atoms with Crippen LogP contribution in [0.2, 0.25) is 0 Å². The Labute approximate surface area is 244 Å². The van der Waals surface area contributed by atoms with Gasteiger partial charge in [-0.3, -0.25) is 9.80 Å². The number of nitrogens with zero attached hydrogens (tertiary/aromatic N) is 2. The number of rotatable bonds is 6. The summed E-state index contributed by atoms with van der Waals surface area (Å²) in [6.45, 7) is 7.00. The molecule has 2 N–H and O–H groups in total. The second-order valence-corrected chi connectivity index (χ2v) is 11.3. The van der Waals surface area contributed by atoms with Crippen molar-refractivity contribution >= 4 is 21.8 Å². The molecule has 1 fully saturated rings. The van der Waals surface area contributed by atoms with E-state index in [0.29, 0.717) is 37.3 Å². The van der Waals surface area contributed by atoms with Gasteiger partial charge in [0.2, 0.25) is 0 Å². The van der Waals surface area contributed by atoms with Gasteiger partial charge >= 0.3 is 0 Å². The summed E-state index contributed by atoms with van der Waals surface area (Å²) in [5, 5.41) is 2.23. The molecule has 2 aromatic heterocycles. The maximum Gasteiger partial charge on any atom is 0.128 e. The van der Waals surface area contributed by atoms with Gasteiger partial charge in [0, 0.05) is 81.6 Å². The van der Waals surface area contributed by atoms with Crippen molar-refractivity contribution in [2.24, 2.45) is 0 Å². The normalized spacial score (nSPS) is 16.3. The third-order valence-electron chi connectivity index (χ3n) is 8.91. The van der Waals surface area contributed by atoms with E-state index in [1.165, 1.54) is 0 Å². The number of hydrogen-bond donors (Lipinski definition) is 2. The van der Waals surface area contributed by atoms with Crippen LogP contribution >= 0.6 is 0 Å². The van der Waals surface area contributed by atoms with Crippen molar-refractivity contribution in [2.75, 3.05) is 26.2 Å². The summed E-state index contributed by atoms with van der Waals surface area (Å²) in [6.07, 6.45) is 0. The summed E-state index contributed by atoms with van der Waals surface area (Å²) in [4.78, 5) is 11.8. The van der Waals surface area contributed by atoms with Gasteiger partial charge < -0.3 is 9.97 Å². The van der Waals surface area contributed by atoms with Gasteiger partial charge in [0.1, 0.15) is 11.6 Å². The Hall–Kier alpha value is -4.26. The fourth-order valence-corrected chi connectivity index (χ4v) is 7.02. The zero-order valence-electron chi connectivity index (χ0n) is 23.9. The first-order valence-electron chi connectivity index (χ1n) is 14.6. The average Bonchev–Trinajstić information content (AvgIpc) is 3.51. The minimum atomic E-state index is -0.244. The molecule has 0 amide bonds. The number of nitrogens with one attached hydrogen (secondary N) is 2. The lowest BCUT2D eigenvalue weighted by Gasteiger charge is -2.43. The van der Waals surface area contributed by atoms with E-state index in [-0.39, 0.29) is 23.7 Å². The summed E-state index contributed by atoms with van der Waals surface area (Å²) in [5.74, 6) is -0.401. The van der Waals surface area contributed by atoms with E-state index < -0.39 is 0 Å². The molecule has 0 spiro atoms. The summed E-state index contributed by atoms with van der Waals surface area (Å²) < 4.78 is 31.0. The first-order chi connectivity index (χ1) is 20.5. The van der Waals surface area contributed by atoms with E-state index in [1.807, 2.05) is 48.5 Å². The molecule has 7 rings (SSSR count). The third kappa shape index (κ3) is 4.52. The van der Waals surface area contributed by atoms with Gasteiger partial charge in [-0.25, -0.2) is 8.78 Å². The predicted octanol–water partition coefficient (Wildman–Crippen LogP) is 8.04. The van der Waals surface area contributed by atoms with Gasteiger partial charge in [-0.1, -0.05) is 72.8 Å². The highest BCUT2D eigenvalue weighted by molar-refractivity contribution is 5.86. The van der Waals surface area contributed by atoms with Crippen LogP contribution in [0.5, 0.6) is 0 Å². The van der Waals surface area contributed by atoms with Crippen molar-refractivity contribution in [3.63, 3.8) is 0 Å². The van der Waals surface area contributed by atoms with Crippen LogP contribution in [0.15, 0.2) is 97.1 Å². The monoisotopic (exact) mass is 560 g/mol. The minimum absolute atomic E-state index is 0.201. The van der Waals surface area contributed by atoms with E-state index in [2.05, 4.69) is 57.9 Å². The molecular formula is C36H34F2N4. The van der Waals surface area contributed by atoms with Crippen LogP contribution in [0.1, 0.15) is 45.7 Å². The average molecular weight is 561 g/mol. The highest BCUT2D eigenvalue weighted by Crippen LogP contribution is 2.41. The molecule has 4 nitrogen and oxygen atoms in total. The van der Waals surface area contributed by atoms with Crippen LogP contribution in [0.3, 0.4) is 0 Å². The highest BCUT2D eigenvalue weighted by atomic mass is 19.1. The lowest BCUT2D eigenvalue weighted by atomic mass is 9.91. The molecule has 1 saturated heterocycles. The minimum Gasteiger partial charge on any atom is -0.358 e. The number of fused-ring (bicyclic) bond motifs is 2. The fourth-order valence-electron chi connectivity index (χ4n) is 7.02. The zero-order valence-corrected chi connectivity index (χ0v) is 23.9. The Morgan fingerprint density at radius 1 is 0.524 bits per heavy atom. The predicted molar refractivity (Wildman–Crippen MR) is 166 cm³/mol. The maximum absolute atomic E-state index is 15.5. The van der Waals surface area contributed by atoms with Crippen molar-refractivity contribution in [3.05, 3.63) is 142 Å². The number of hydrogen-bond acceptors (Lipinski definition) is 2. The van der Waals surface area contributed by atoms with E-state index in [0.717, 1.165) is 44.3 Å². The number of H-pyrrole nitrogens is 2. The molecule has 0 saturated carbocycles. The van der Waals surface area contributed by atoms with Gasteiger partial charge in [-0.15, -0.1) is 0 Å². The standard InChI is InChI=1S/C36H34F2N4/c1-23-33(27-13-5-9-17-31(27)39-23)35(25-11-3-7-15-29(25)37)41-19-21-42(22-20-41)36(26-12-4-8-16-30(26)38)34-24(2)40-32-18-10-6-14-28(32)34/h3-18,35-36,39-40H,19-22H2,1-2H3/t35-,36-/m1/s1. The molecule has 2 atom stereocenters. The largest absolute Gasteiger partial charge is 0.358 e. The molecule has 0 bridgehead atoms. The molecular weight excluding hydrogens is 526 g/mol. The summed E-state index contributed by atoms with van der Waals surface area (Å²) in [5.41, 5.74) is 7.79. The summed E-state index contributed by atoms with van der Waals surface area (Å²) >= 11 is 0. The second kappa shape index (κ2) is 10.9. The Balaban J connectivity index is 1.28. The van der Waals surface area contributed by atoms with Crippen LogP contribution < -0.4 is 0 Å². The summed E-state index contributed by atoms with van der Waals surface area (Å²) in [6, 6.07) is 30.3. The van der Waals surface area contributed by atoms with Crippen LogP contribution in [0.4, 0.5) is 8.78 Å². The summed E-state index contributed by atoms with van der Waals surface area (Å²) in [7, 11) is 0. The van der Waals surface area contributed by atoms with E-state index in [9.17, 15) is 0 Å². The Bertz CT molecular complexity index is 1740. The molecule has 212 valence electrons. The lowest BCUT2D eigenvalue weighted by molar-refractivity contribution is 0.0882. The molecule has 6 heteroatoms. The van der Waals surface area contributed by atoms with Crippen LogP contribution in [-0.2, 0) is 0 Å². The van der Waals surface area contributed by atoms with E-state index in [4.69, 9.17) is 0 Å². The topological polar surface area (TPSA) is 38.1 Å². The molecule has 3 heterocycles. The molecule has 42 heavy (non-hydrogen) atoms. The number of aromatic amines is 2. The van der Waals surface area contributed by atoms with Crippen LogP contribution in [0, 0.1) is 25.5 Å². The number of aromatic nitrogens is 2. The second-order valence-electron chi connectivity index (χ2n) is 11.3. The first-order valence-corrected chi connectivity index (χ1v) is 14.6. The Kier molecular flexibility index (Phi) is 6.88. The first kappa shape index (κ1) is 26.6. The molecule has 6 aromatic rings.